The van der Waals surface area contributed by atoms with Crippen molar-refractivity contribution >= 4 is 8.58 Å². The molecule has 0 aromatic rings. The fourth-order valence-corrected chi connectivity index (χ4v) is 2.00. The van der Waals surface area contributed by atoms with Crippen LogP contribution in [0.15, 0.2) is 0 Å². The third kappa shape index (κ3) is 25.1. The van der Waals surface area contributed by atoms with Crippen LogP contribution in [0.25, 0.3) is 0 Å². The van der Waals surface area contributed by atoms with Crippen LogP contribution >= 0.6 is 8.58 Å². The summed E-state index contributed by atoms with van der Waals surface area (Å²) in [6, 6.07) is 0. The van der Waals surface area contributed by atoms with Crippen LogP contribution in [0.1, 0.15) is 54.4 Å². The van der Waals surface area contributed by atoms with Gasteiger partial charge in [-0.3, -0.25) is 0 Å². The standard InChI is InChI=1S/C6H15P.C4H10/c1-5(2)7-6(3)4;1-3-4-2/h5-7H,1-4H3;3-4H2,1-2H3. The molecule has 0 aliphatic rings. The third-order valence-electron chi connectivity index (χ3n) is 1.17. The van der Waals surface area contributed by atoms with Crippen molar-refractivity contribution in [2.75, 3.05) is 0 Å². The van der Waals surface area contributed by atoms with Crippen LogP contribution in [-0.4, -0.2) is 11.3 Å². The van der Waals surface area contributed by atoms with E-state index in [4.69, 9.17) is 0 Å². The lowest BCUT2D eigenvalue weighted by molar-refractivity contribution is 0.886. The maximum absolute atomic E-state index is 2.28. The van der Waals surface area contributed by atoms with E-state index in [2.05, 4.69) is 41.5 Å². The molecule has 1 heteroatoms. The SMILES string of the molecule is CC(C)PC(C)C.CCCC. The monoisotopic (exact) mass is 176 g/mol. The van der Waals surface area contributed by atoms with E-state index in [1.165, 1.54) is 12.8 Å². The highest BCUT2D eigenvalue weighted by Crippen LogP contribution is 2.23. The minimum absolute atomic E-state index is 0.903. The highest BCUT2D eigenvalue weighted by atomic mass is 31.1. The first-order valence-corrected chi connectivity index (χ1v) is 5.96. The molecule has 0 aliphatic carbocycles. The van der Waals surface area contributed by atoms with Gasteiger partial charge < -0.3 is 0 Å². The zero-order chi connectivity index (χ0) is 9.28. The fourth-order valence-electron chi connectivity index (χ4n) is 0.667. The topological polar surface area (TPSA) is 0 Å². The first-order valence-electron chi connectivity index (χ1n) is 4.80. The van der Waals surface area contributed by atoms with Gasteiger partial charge in [0, 0.05) is 0 Å². The van der Waals surface area contributed by atoms with Crippen LogP contribution in [0.4, 0.5) is 0 Å². The molecule has 0 nitrogen and oxygen atoms in total. The summed E-state index contributed by atoms with van der Waals surface area (Å²) < 4.78 is 0. The summed E-state index contributed by atoms with van der Waals surface area (Å²) >= 11 is 0. The van der Waals surface area contributed by atoms with Gasteiger partial charge in [-0.1, -0.05) is 54.4 Å². The number of rotatable bonds is 3. The Bertz CT molecular complexity index is 49.9. The van der Waals surface area contributed by atoms with Crippen LogP contribution < -0.4 is 0 Å². The molecule has 0 radical (unpaired) electrons. The molecular weight excluding hydrogens is 151 g/mol. The largest absolute Gasteiger partial charge is 0.117 e. The second-order valence-electron chi connectivity index (χ2n) is 3.48. The minimum atomic E-state index is 0.903. The second-order valence-corrected chi connectivity index (χ2v) is 6.12. The lowest BCUT2D eigenvalue weighted by Gasteiger charge is -2.06. The van der Waals surface area contributed by atoms with Gasteiger partial charge >= 0.3 is 0 Å². The van der Waals surface area contributed by atoms with Gasteiger partial charge in [-0.25, -0.2) is 0 Å². The van der Waals surface area contributed by atoms with Crippen molar-refractivity contribution in [3.63, 3.8) is 0 Å². The predicted molar refractivity (Wildman–Crippen MR) is 59.2 cm³/mol. The first kappa shape index (κ1) is 14.0. The highest BCUT2D eigenvalue weighted by molar-refractivity contribution is 7.39. The molecule has 0 bridgehead atoms. The van der Waals surface area contributed by atoms with Crippen molar-refractivity contribution < 1.29 is 0 Å². The Morgan fingerprint density at radius 2 is 1.09 bits per heavy atom. The zero-order valence-corrected chi connectivity index (χ0v) is 10.1. The Morgan fingerprint density at radius 1 is 0.818 bits per heavy atom. The summed E-state index contributed by atoms with van der Waals surface area (Å²) in [4.78, 5) is 0. The predicted octanol–water partition coefficient (Wildman–Crippen LogP) is 4.29. The van der Waals surface area contributed by atoms with Crippen LogP contribution in [0.5, 0.6) is 0 Å². The Hall–Kier alpha value is 0.430. The van der Waals surface area contributed by atoms with E-state index in [9.17, 15) is 0 Å². The Balaban J connectivity index is 0. The molecule has 0 saturated heterocycles. The van der Waals surface area contributed by atoms with Crippen LogP contribution in [0.2, 0.25) is 0 Å². The molecule has 0 N–H and O–H groups in total. The van der Waals surface area contributed by atoms with E-state index < -0.39 is 0 Å². The normalized spacial score (nSPS) is 9.82. The molecule has 0 amide bonds. The van der Waals surface area contributed by atoms with Crippen molar-refractivity contribution in [3.05, 3.63) is 0 Å². The number of hydrogen-bond acceptors (Lipinski definition) is 0. The molecule has 0 unspecified atom stereocenters. The molecule has 0 fully saturated rings. The van der Waals surface area contributed by atoms with Gasteiger partial charge in [0.25, 0.3) is 0 Å². The molecule has 0 aromatic heterocycles. The van der Waals surface area contributed by atoms with Crippen molar-refractivity contribution in [3.8, 4) is 0 Å². The second kappa shape index (κ2) is 10.4. The molecule has 70 valence electrons. The molecule has 0 aromatic carbocycles. The molecular formula is C10H25P. The van der Waals surface area contributed by atoms with E-state index in [1.54, 1.807) is 0 Å². The van der Waals surface area contributed by atoms with E-state index in [0.29, 0.717) is 0 Å². The summed E-state index contributed by atoms with van der Waals surface area (Å²) in [6.45, 7) is 13.5. The van der Waals surface area contributed by atoms with E-state index >= 15 is 0 Å². The molecule has 0 spiro atoms. The Morgan fingerprint density at radius 3 is 1.09 bits per heavy atom. The molecule has 0 aliphatic heterocycles. The first-order chi connectivity index (χ1) is 5.04. The maximum Gasteiger partial charge on any atom is -0.0291 e. The Kier molecular flexibility index (Phi) is 13.3. The van der Waals surface area contributed by atoms with Crippen molar-refractivity contribution in [2.24, 2.45) is 0 Å². The van der Waals surface area contributed by atoms with Gasteiger partial charge in [0.2, 0.25) is 0 Å². The van der Waals surface area contributed by atoms with Crippen LogP contribution in [0, 0.1) is 0 Å². The lowest BCUT2D eigenvalue weighted by Crippen LogP contribution is -1.90. The van der Waals surface area contributed by atoms with E-state index in [-0.39, 0.29) is 0 Å². The smallest absolute Gasteiger partial charge is 0.0291 e. The van der Waals surface area contributed by atoms with E-state index in [0.717, 1.165) is 19.9 Å². The molecule has 11 heavy (non-hydrogen) atoms. The molecule has 0 saturated carbocycles. The number of hydrogen-bond donors (Lipinski definition) is 0. The molecule has 0 heterocycles. The van der Waals surface area contributed by atoms with Gasteiger partial charge in [-0.15, -0.1) is 8.58 Å². The van der Waals surface area contributed by atoms with Crippen molar-refractivity contribution in [1.82, 2.24) is 0 Å². The summed E-state index contributed by atoms with van der Waals surface area (Å²) in [5.41, 5.74) is 1.81. The maximum atomic E-state index is 2.28. The van der Waals surface area contributed by atoms with Gasteiger partial charge in [-0.2, -0.15) is 0 Å². The minimum Gasteiger partial charge on any atom is -0.117 e. The lowest BCUT2D eigenvalue weighted by atomic mass is 10.4. The Labute approximate surface area is 74.9 Å². The molecule has 0 rings (SSSR count). The van der Waals surface area contributed by atoms with Gasteiger partial charge in [0.1, 0.15) is 0 Å². The average Bonchev–Trinajstić information content (AvgIpc) is 1.85. The summed E-state index contributed by atoms with van der Waals surface area (Å²) in [5, 5.41) is 0. The van der Waals surface area contributed by atoms with Gasteiger partial charge in [-0.05, 0) is 11.3 Å². The summed E-state index contributed by atoms with van der Waals surface area (Å²) in [7, 11) is 1.15. The zero-order valence-electron chi connectivity index (χ0n) is 9.07. The molecule has 0 atom stereocenters. The number of unbranched alkanes of at least 4 members (excludes halogenated alkanes) is 1. The fraction of sp³-hybridized carbons (Fsp3) is 1.00. The van der Waals surface area contributed by atoms with Crippen molar-refractivity contribution in [2.45, 2.75) is 65.7 Å². The average molecular weight is 176 g/mol. The van der Waals surface area contributed by atoms with Crippen LogP contribution in [0.3, 0.4) is 0 Å². The summed E-state index contributed by atoms with van der Waals surface area (Å²) in [5.74, 6) is 0. The van der Waals surface area contributed by atoms with Gasteiger partial charge in [0.15, 0.2) is 0 Å². The summed E-state index contributed by atoms with van der Waals surface area (Å²) in [6.07, 6.45) is 2.64. The highest BCUT2D eigenvalue weighted by Gasteiger charge is 1.95. The van der Waals surface area contributed by atoms with Crippen molar-refractivity contribution in [1.29, 1.82) is 0 Å². The van der Waals surface area contributed by atoms with E-state index in [1.807, 2.05) is 0 Å². The quantitative estimate of drug-likeness (QED) is 0.563. The van der Waals surface area contributed by atoms with Crippen LogP contribution in [-0.2, 0) is 0 Å². The van der Waals surface area contributed by atoms with Gasteiger partial charge in [0.05, 0.1) is 0 Å². The third-order valence-corrected chi connectivity index (χ3v) is 2.50.